The molecule has 2 amide bonds. The van der Waals surface area contributed by atoms with Gasteiger partial charge in [0.05, 0.1) is 11.0 Å². The number of amides is 2. The number of nitro groups is 1. The van der Waals surface area contributed by atoms with Gasteiger partial charge in [-0.2, -0.15) is 0 Å². The minimum atomic E-state index is -0.472. The molecule has 0 unspecified atom stereocenters. The minimum absolute atomic E-state index is 0.0249. The van der Waals surface area contributed by atoms with E-state index in [9.17, 15) is 19.7 Å². The Morgan fingerprint density at radius 1 is 1.13 bits per heavy atom. The maximum Gasteiger partial charge on any atom is 0.269 e. The molecule has 3 rings (SSSR count). The Kier molecular flexibility index (Phi) is 7.42. The number of nitro benzene ring substituents is 1. The SMILES string of the molecule is CC[C@H](C)NC(=O)[C@@H](C1CCCC1)N1CCN(C(=O)c2ccc([N+](=O)[O-])cc2)CC1. The number of hydrogen-bond acceptors (Lipinski definition) is 5. The van der Waals surface area contributed by atoms with Crippen molar-refractivity contribution >= 4 is 17.5 Å². The van der Waals surface area contributed by atoms with Gasteiger partial charge < -0.3 is 10.2 Å². The van der Waals surface area contributed by atoms with E-state index < -0.39 is 4.92 Å². The number of nitrogens with one attached hydrogen (secondary N) is 1. The van der Waals surface area contributed by atoms with Crippen molar-refractivity contribution in [3.63, 3.8) is 0 Å². The standard InChI is InChI=1S/C22H32N4O4/c1-3-16(2)23-21(27)20(17-6-4-5-7-17)24-12-14-25(15-13-24)22(28)18-8-10-19(11-9-18)26(29)30/h8-11,16-17,20H,3-7,12-15H2,1-2H3,(H,23,27)/t16-,20+/m0/s1. The Morgan fingerprint density at radius 3 is 2.27 bits per heavy atom. The van der Waals surface area contributed by atoms with Gasteiger partial charge in [-0.25, -0.2) is 0 Å². The Hall–Kier alpha value is -2.48. The van der Waals surface area contributed by atoms with Crippen molar-refractivity contribution in [2.75, 3.05) is 26.2 Å². The van der Waals surface area contributed by atoms with Crippen LogP contribution in [-0.2, 0) is 4.79 Å². The molecule has 0 aromatic heterocycles. The highest BCUT2D eigenvalue weighted by molar-refractivity contribution is 5.94. The van der Waals surface area contributed by atoms with Crippen molar-refractivity contribution in [2.45, 2.75) is 58.0 Å². The van der Waals surface area contributed by atoms with Crippen LogP contribution < -0.4 is 5.32 Å². The van der Waals surface area contributed by atoms with E-state index in [0.29, 0.717) is 37.7 Å². The fourth-order valence-electron chi connectivity index (χ4n) is 4.49. The van der Waals surface area contributed by atoms with Crippen molar-refractivity contribution in [1.29, 1.82) is 0 Å². The molecular weight excluding hydrogens is 384 g/mol. The third-order valence-electron chi connectivity index (χ3n) is 6.44. The molecule has 8 nitrogen and oxygen atoms in total. The Morgan fingerprint density at radius 2 is 1.73 bits per heavy atom. The highest BCUT2D eigenvalue weighted by Gasteiger charge is 2.37. The van der Waals surface area contributed by atoms with E-state index in [1.165, 1.54) is 37.1 Å². The number of carbonyl (C=O) groups excluding carboxylic acids is 2. The average Bonchev–Trinajstić information content (AvgIpc) is 3.28. The van der Waals surface area contributed by atoms with Crippen LogP contribution in [0.5, 0.6) is 0 Å². The molecule has 1 N–H and O–H groups in total. The van der Waals surface area contributed by atoms with Gasteiger partial charge >= 0.3 is 0 Å². The van der Waals surface area contributed by atoms with Crippen molar-refractivity contribution in [2.24, 2.45) is 5.92 Å². The molecule has 1 aromatic carbocycles. The number of rotatable bonds is 7. The predicted molar refractivity (Wildman–Crippen MR) is 114 cm³/mol. The third kappa shape index (κ3) is 5.16. The van der Waals surface area contributed by atoms with E-state index in [0.717, 1.165) is 19.3 Å². The van der Waals surface area contributed by atoms with Gasteiger partial charge in [0.2, 0.25) is 5.91 Å². The van der Waals surface area contributed by atoms with Gasteiger partial charge in [-0.1, -0.05) is 19.8 Å². The van der Waals surface area contributed by atoms with Gasteiger partial charge in [-0.3, -0.25) is 24.6 Å². The van der Waals surface area contributed by atoms with Gasteiger partial charge in [0.15, 0.2) is 0 Å². The predicted octanol–water partition coefficient (Wildman–Crippen LogP) is 2.83. The molecule has 2 aliphatic rings. The molecule has 2 fully saturated rings. The van der Waals surface area contributed by atoms with E-state index in [1.54, 1.807) is 4.90 Å². The number of carbonyl (C=O) groups is 2. The quantitative estimate of drug-likeness (QED) is 0.545. The maximum absolute atomic E-state index is 13.0. The highest BCUT2D eigenvalue weighted by atomic mass is 16.6. The molecule has 1 heterocycles. The summed E-state index contributed by atoms with van der Waals surface area (Å²) in [6.45, 7) is 6.52. The average molecular weight is 417 g/mol. The molecule has 2 atom stereocenters. The second-order valence-corrected chi connectivity index (χ2v) is 8.44. The van der Waals surface area contributed by atoms with Crippen LogP contribution in [-0.4, -0.2) is 64.8 Å². The van der Waals surface area contributed by atoms with Gasteiger partial charge in [-0.05, 0) is 44.2 Å². The molecular formula is C22H32N4O4. The molecule has 1 aliphatic heterocycles. The minimum Gasteiger partial charge on any atom is -0.352 e. The van der Waals surface area contributed by atoms with Crippen LogP contribution in [0.25, 0.3) is 0 Å². The van der Waals surface area contributed by atoms with Crippen LogP contribution in [0.3, 0.4) is 0 Å². The topological polar surface area (TPSA) is 95.8 Å². The van der Waals surface area contributed by atoms with Crippen LogP contribution >= 0.6 is 0 Å². The molecule has 0 radical (unpaired) electrons. The molecule has 164 valence electrons. The molecule has 8 heteroatoms. The van der Waals surface area contributed by atoms with E-state index >= 15 is 0 Å². The zero-order valence-corrected chi connectivity index (χ0v) is 17.9. The van der Waals surface area contributed by atoms with E-state index in [2.05, 4.69) is 17.1 Å². The first kappa shape index (κ1) is 22.2. The normalized spacial score (nSPS) is 20.0. The number of piperazine rings is 1. The van der Waals surface area contributed by atoms with E-state index in [1.807, 2.05) is 6.92 Å². The Labute approximate surface area is 177 Å². The van der Waals surface area contributed by atoms with Gasteiger partial charge in [-0.15, -0.1) is 0 Å². The summed E-state index contributed by atoms with van der Waals surface area (Å²) < 4.78 is 0. The largest absolute Gasteiger partial charge is 0.352 e. The molecule has 1 saturated carbocycles. The molecule has 1 aliphatic carbocycles. The first-order valence-electron chi connectivity index (χ1n) is 11.0. The Balaban J connectivity index is 1.63. The van der Waals surface area contributed by atoms with Crippen molar-refractivity contribution in [3.05, 3.63) is 39.9 Å². The summed E-state index contributed by atoms with van der Waals surface area (Å²) in [5.41, 5.74) is 0.430. The summed E-state index contributed by atoms with van der Waals surface area (Å²) in [6.07, 6.45) is 5.43. The lowest BCUT2D eigenvalue weighted by Gasteiger charge is -2.41. The van der Waals surface area contributed by atoms with Gasteiger partial charge in [0.1, 0.15) is 0 Å². The van der Waals surface area contributed by atoms with E-state index in [4.69, 9.17) is 0 Å². The smallest absolute Gasteiger partial charge is 0.269 e. The summed E-state index contributed by atoms with van der Waals surface area (Å²) in [6, 6.07) is 5.77. The van der Waals surface area contributed by atoms with Gasteiger partial charge in [0.25, 0.3) is 11.6 Å². The lowest BCUT2D eigenvalue weighted by Crippen LogP contribution is -2.58. The number of non-ortho nitro benzene ring substituents is 1. The molecule has 0 bridgehead atoms. The van der Waals surface area contributed by atoms with Crippen molar-refractivity contribution in [3.8, 4) is 0 Å². The molecule has 1 saturated heterocycles. The summed E-state index contributed by atoms with van der Waals surface area (Å²) in [5, 5.41) is 14.0. The molecule has 1 aromatic rings. The fourth-order valence-corrected chi connectivity index (χ4v) is 4.49. The zero-order chi connectivity index (χ0) is 21.7. The van der Waals surface area contributed by atoms with Gasteiger partial charge in [0, 0.05) is 49.9 Å². The number of hydrogen-bond donors (Lipinski definition) is 1. The van der Waals surface area contributed by atoms with E-state index in [-0.39, 0.29) is 29.6 Å². The van der Waals surface area contributed by atoms with Crippen LogP contribution in [0.4, 0.5) is 5.69 Å². The summed E-state index contributed by atoms with van der Waals surface area (Å²) in [7, 11) is 0. The first-order valence-corrected chi connectivity index (χ1v) is 11.0. The molecule has 0 spiro atoms. The zero-order valence-electron chi connectivity index (χ0n) is 17.9. The van der Waals surface area contributed by atoms with Crippen molar-refractivity contribution < 1.29 is 14.5 Å². The number of nitrogens with zero attached hydrogens (tertiary/aromatic N) is 3. The first-order chi connectivity index (χ1) is 14.4. The maximum atomic E-state index is 13.0. The van der Waals surface area contributed by atoms with Crippen LogP contribution in [0.15, 0.2) is 24.3 Å². The fraction of sp³-hybridized carbons (Fsp3) is 0.636. The third-order valence-corrected chi connectivity index (χ3v) is 6.44. The van der Waals surface area contributed by atoms with Crippen molar-refractivity contribution in [1.82, 2.24) is 15.1 Å². The second kappa shape index (κ2) is 10.0. The van der Waals surface area contributed by atoms with Crippen LogP contribution in [0.1, 0.15) is 56.3 Å². The highest BCUT2D eigenvalue weighted by Crippen LogP contribution is 2.31. The second-order valence-electron chi connectivity index (χ2n) is 8.44. The lowest BCUT2D eigenvalue weighted by molar-refractivity contribution is -0.384. The summed E-state index contributed by atoms with van der Waals surface area (Å²) in [4.78, 5) is 40.2. The summed E-state index contributed by atoms with van der Waals surface area (Å²) in [5.74, 6) is 0.378. The monoisotopic (exact) mass is 416 g/mol. The molecule has 30 heavy (non-hydrogen) atoms. The Bertz CT molecular complexity index is 753. The summed E-state index contributed by atoms with van der Waals surface area (Å²) >= 11 is 0. The lowest BCUT2D eigenvalue weighted by atomic mass is 9.94. The van der Waals surface area contributed by atoms with Crippen LogP contribution in [0.2, 0.25) is 0 Å². The number of benzene rings is 1. The van der Waals surface area contributed by atoms with Crippen LogP contribution in [0, 0.1) is 16.0 Å².